The third kappa shape index (κ3) is 8.44. The topological polar surface area (TPSA) is 0 Å². The van der Waals surface area contributed by atoms with Crippen LogP contribution in [0.3, 0.4) is 0 Å². The molecule has 0 radical (unpaired) electrons. The second kappa shape index (κ2) is 6.85. The van der Waals surface area contributed by atoms with Gasteiger partial charge in [0.25, 0.3) is 0 Å². The van der Waals surface area contributed by atoms with Crippen LogP contribution in [0.15, 0.2) is 17.3 Å². The summed E-state index contributed by atoms with van der Waals surface area (Å²) in [4.78, 5) is 0. The first-order chi connectivity index (χ1) is 5.84. The quantitative estimate of drug-likeness (QED) is 0.485. The van der Waals surface area contributed by atoms with E-state index < -0.39 is 26.2 Å². The minimum atomic E-state index is -2.13. The van der Waals surface area contributed by atoms with Crippen LogP contribution in [-0.4, -0.2) is 8.07 Å². The Labute approximate surface area is 100 Å². The molecular weight excluding hydrogens is 322 g/mol. The fraction of sp³-hybridized carbons (Fsp3) is 0.500. The van der Waals surface area contributed by atoms with Gasteiger partial charge in [-0.05, 0) is 0 Å². The Bertz CT molecular complexity index is 203. The summed E-state index contributed by atoms with van der Waals surface area (Å²) in [6.45, 7) is 7.06. The molecular formula is C8H13Cl3SiZr-. The zero-order valence-corrected chi connectivity index (χ0v) is 13.7. The number of halogens is 3. The zero-order chi connectivity index (χ0) is 10.5. The molecule has 0 nitrogen and oxygen atoms in total. The van der Waals surface area contributed by atoms with Crippen molar-refractivity contribution in [3.8, 4) is 0 Å². The van der Waals surface area contributed by atoms with Crippen molar-refractivity contribution in [1.29, 1.82) is 0 Å². The molecule has 13 heavy (non-hydrogen) atoms. The Morgan fingerprint density at radius 3 is 1.92 bits per heavy atom. The summed E-state index contributed by atoms with van der Waals surface area (Å²) >= 11 is -2.13. The molecule has 0 unspecified atom stereocenters. The van der Waals surface area contributed by atoms with Crippen LogP contribution in [-0.2, 0) is 18.2 Å². The normalized spacial score (nSPS) is 14.8. The predicted molar refractivity (Wildman–Crippen MR) is 61.4 cm³/mol. The van der Waals surface area contributed by atoms with E-state index in [4.69, 9.17) is 25.5 Å². The first-order valence-corrected chi connectivity index (χ1v) is 16.9. The van der Waals surface area contributed by atoms with E-state index in [9.17, 15) is 0 Å². The van der Waals surface area contributed by atoms with Gasteiger partial charge in [0.15, 0.2) is 0 Å². The van der Waals surface area contributed by atoms with Crippen molar-refractivity contribution in [1.82, 2.24) is 0 Å². The van der Waals surface area contributed by atoms with E-state index in [1.165, 1.54) is 5.20 Å². The molecule has 0 saturated heterocycles. The minimum absolute atomic E-state index is 1.01. The van der Waals surface area contributed by atoms with E-state index in [2.05, 4.69) is 37.9 Å². The van der Waals surface area contributed by atoms with Crippen LogP contribution in [0.1, 0.15) is 6.42 Å². The van der Waals surface area contributed by atoms with Gasteiger partial charge in [0, 0.05) is 8.07 Å². The molecule has 0 aliphatic heterocycles. The molecule has 5 heteroatoms. The predicted octanol–water partition coefficient (Wildman–Crippen LogP) is 4.62. The Balaban J connectivity index is 0.000000310. The van der Waals surface area contributed by atoms with Crippen LogP contribution >= 0.6 is 25.5 Å². The van der Waals surface area contributed by atoms with Gasteiger partial charge in [-0.1, -0.05) is 19.6 Å². The molecule has 0 heterocycles. The van der Waals surface area contributed by atoms with Crippen LogP contribution < -0.4 is 0 Å². The van der Waals surface area contributed by atoms with Gasteiger partial charge in [0.05, 0.1) is 0 Å². The van der Waals surface area contributed by atoms with Crippen LogP contribution in [0.5, 0.6) is 0 Å². The maximum atomic E-state index is 5.00. The summed E-state index contributed by atoms with van der Waals surface area (Å²) < 4.78 is 0. The molecule has 75 valence electrons. The van der Waals surface area contributed by atoms with Crippen molar-refractivity contribution in [2.75, 3.05) is 0 Å². The summed E-state index contributed by atoms with van der Waals surface area (Å²) in [7, 11) is 14.0. The SMILES string of the molecule is C[Si](C)(C)C1=[C-]CC=C1.[Cl][Zr]([Cl])[Cl]. The van der Waals surface area contributed by atoms with Crippen LogP contribution in [0.25, 0.3) is 0 Å². The van der Waals surface area contributed by atoms with Crippen molar-refractivity contribution < 1.29 is 18.2 Å². The molecule has 0 aromatic carbocycles. The summed E-state index contributed by atoms with van der Waals surface area (Å²) in [5, 5.41) is 1.49. The van der Waals surface area contributed by atoms with Crippen molar-refractivity contribution in [2.45, 2.75) is 26.1 Å². The van der Waals surface area contributed by atoms with Crippen LogP contribution in [0.4, 0.5) is 0 Å². The molecule has 1 aliphatic carbocycles. The molecule has 0 spiro atoms. The van der Waals surface area contributed by atoms with Crippen molar-refractivity contribution in [3.63, 3.8) is 0 Å². The molecule has 0 bridgehead atoms. The van der Waals surface area contributed by atoms with Crippen LogP contribution in [0, 0.1) is 6.08 Å². The third-order valence-corrected chi connectivity index (χ3v) is 3.46. The molecule has 0 saturated carbocycles. The summed E-state index contributed by atoms with van der Waals surface area (Å²) in [6.07, 6.45) is 8.82. The second-order valence-corrected chi connectivity index (χ2v) is 19.9. The van der Waals surface area contributed by atoms with E-state index in [0.717, 1.165) is 6.42 Å². The number of allylic oxidation sites excluding steroid dienone is 4. The van der Waals surface area contributed by atoms with Gasteiger partial charge in [0.2, 0.25) is 0 Å². The standard InChI is InChI=1S/C8H13Si.3ClH.Zr/c1-9(2,3)8-6-4-5-7-8;;;;/h4,6H,5H2,1-3H3;3*1H;/q-1;;;;+3/p-3. The first-order valence-electron chi connectivity index (χ1n) is 3.95. The molecule has 0 aromatic rings. The first kappa shape index (κ1) is 14.5. The monoisotopic (exact) mass is 332 g/mol. The average molecular weight is 335 g/mol. The van der Waals surface area contributed by atoms with Crippen LogP contribution in [0.2, 0.25) is 19.6 Å². The number of hydrogen-bond acceptors (Lipinski definition) is 0. The summed E-state index contributed by atoms with van der Waals surface area (Å²) in [6, 6.07) is 0. The molecule has 0 aromatic heterocycles. The molecule has 1 rings (SSSR count). The molecule has 1 aliphatic rings. The Morgan fingerprint density at radius 1 is 1.31 bits per heavy atom. The van der Waals surface area contributed by atoms with E-state index in [1.807, 2.05) is 0 Å². The number of hydrogen-bond donors (Lipinski definition) is 0. The van der Waals surface area contributed by atoms with Gasteiger partial charge in [-0.2, -0.15) is 6.08 Å². The zero-order valence-electron chi connectivity index (χ0n) is 8.00. The van der Waals surface area contributed by atoms with Gasteiger partial charge < -0.3 is 0 Å². The fourth-order valence-corrected chi connectivity index (χ4v) is 2.17. The van der Waals surface area contributed by atoms with Crippen molar-refractivity contribution in [2.24, 2.45) is 0 Å². The van der Waals surface area contributed by atoms with E-state index in [-0.39, 0.29) is 0 Å². The van der Waals surface area contributed by atoms with Gasteiger partial charge in [-0.25, -0.2) is 11.3 Å². The number of rotatable bonds is 1. The second-order valence-electron chi connectivity index (χ2n) is 3.66. The van der Waals surface area contributed by atoms with Gasteiger partial charge in [0.1, 0.15) is 0 Å². The van der Waals surface area contributed by atoms with Gasteiger partial charge in [-0.3, -0.25) is 6.08 Å². The Morgan fingerprint density at radius 2 is 1.77 bits per heavy atom. The Hall–Kier alpha value is 1.45. The van der Waals surface area contributed by atoms with Crippen molar-refractivity contribution >= 4 is 33.6 Å². The van der Waals surface area contributed by atoms with Gasteiger partial charge in [-0.15, -0.1) is 6.42 Å². The third-order valence-electron chi connectivity index (χ3n) is 1.50. The molecule has 0 atom stereocenters. The van der Waals surface area contributed by atoms with E-state index in [1.54, 1.807) is 0 Å². The molecule has 0 N–H and O–H groups in total. The van der Waals surface area contributed by atoms with E-state index in [0.29, 0.717) is 0 Å². The fourth-order valence-electron chi connectivity index (χ4n) is 0.920. The van der Waals surface area contributed by atoms with E-state index >= 15 is 0 Å². The molecule has 0 fully saturated rings. The molecule has 0 amide bonds. The maximum absolute atomic E-state index is 5.00. The Kier molecular flexibility index (Phi) is 7.61. The average Bonchev–Trinajstić information content (AvgIpc) is 2.31. The van der Waals surface area contributed by atoms with Crippen molar-refractivity contribution in [3.05, 3.63) is 23.4 Å². The summed E-state index contributed by atoms with van der Waals surface area (Å²) in [5.74, 6) is 0. The summed E-state index contributed by atoms with van der Waals surface area (Å²) in [5.41, 5.74) is 0. The van der Waals surface area contributed by atoms with Gasteiger partial charge >= 0.3 is 43.7 Å².